The summed E-state index contributed by atoms with van der Waals surface area (Å²) in [5, 5.41) is 1.25. The first-order valence-corrected chi connectivity index (χ1v) is 11.4. The predicted octanol–water partition coefficient (Wildman–Crippen LogP) is 5.40. The maximum atomic E-state index is 11.4. The Labute approximate surface area is 177 Å². The van der Waals surface area contributed by atoms with Gasteiger partial charge in [-0.05, 0) is 55.3 Å². The molecule has 1 amide bonds. The Morgan fingerprint density at radius 2 is 1.93 bits per heavy atom. The summed E-state index contributed by atoms with van der Waals surface area (Å²) in [5.74, 6) is 1.14. The highest BCUT2D eigenvalue weighted by atomic mass is 32.2. The number of rotatable bonds is 7. The number of carbonyl (C=O) groups excluding carboxylic acids is 1. The summed E-state index contributed by atoms with van der Waals surface area (Å²) in [6.45, 7) is 4.70. The van der Waals surface area contributed by atoms with Gasteiger partial charge in [-0.15, -0.1) is 11.8 Å². The highest BCUT2D eigenvalue weighted by molar-refractivity contribution is 7.99. The molecule has 2 aromatic carbocycles. The van der Waals surface area contributed by atoms with Crippen molar-refractivity contribution in [3.05, 3.63) is 48.5 Å². The van der Waals surface area contributed by atoms with Crippen LogP contribution in [0.4, 0.5) is 5.69 Å². The van der Waals surface area contributed by atoms with E-state index in [1.165, 1.54) is 45.6 Å². The van der Waals surface area contributed by atoms with E-state index in [-0.39, 0.29) is 5.91 Å². The van der Waals surface area contributed by atoms with Crippen LogP contribution in [-0.2, 0) is 4.79 Å². The predicted molar refractivity (Wildman–Crippen MR) is 124 cm³/mol. The number of anilines is 1. The molecule has 4 nitrogen and oxygen atoms in total. The van der Waals surface area contributed by atoms with E-state index in [0.29, 0.717) is 0 Å². The molecule has 29 heavy (non-hydrogen) atoms. The lowest BCUT2D eigenvalue weighted by atomic mass is 10.1. The van der Waals surface area contributed by atoms with Crippen LogP contribution in [0.25, 0.3) is 22.2 Å². The van der Waals surface area contributed by atoms with E-state index in [0.717, 1.165) is 31.8 Å². The van der Waals surface area contributed by atoms with Gasteiger partial charge in [0.2, 0.25) is 5.91 Å². The standard InChI is InChI=1S/C24H29N3OS/c1-18(28)26(2)12-7-15-29-20-10-11-24(27-13-5-6-14-27)21(17-20)23-16-19-8-3-4-9-22(19)25-23/h3-4,8-11,16-17,25H,5-7,12-15H2,1-2H3. The van der Waals surface area contributed by atoms with Crippen LogP contribution in [0.2, 0.25) is 0 Å². The molecule has 3 aromatic rings. The molecule has 0 aliphatic carbocycles. The van der Waals surface area contributed by atoms with E-state index in [4.69, 9.17) is 0 Å². The molecule has 2 heterocycles. The van der Waals surface area contributed by atoms with Crippen molar-refractivity contribution < 1.29 is 4.79 Å². The average molecular weight is 408 g/mol. The number of hydrogen-bond donors (Lipinski definition) is 1. The molecular formula is C24H29N3OS. The number of fused-ring (bicyclic) bond motifs is 1. The van der Waals surface area contributed by atoms with Crippen molar-refractivity contribution in [2.75, 3.05) is 37.3 Å². The van der Waals surface area contributed by atoms with Crippen molar-refractivity contribution in [3.8, 4) is 11.3 Å². The monoisotopic (exact) mass is 407 g/mol. The molecule has 5 heteroatoms. The van der Waals surface area contributed by atoms with Crippen LogP contribution < -0.4 is 4.90 Å². The number of nitrogens with zero attached hydrogens (tertiary/aromatic N) is 2. The van der Waals surface area contributed by atoms with Gasteiger partial charge in [0.25, 0.3) is 0 Å². The van der Waals surface area contributed by atoms with Crippen LogP contribution in [0.15, 0.2) is 53.4 Å². The lowest BCUT2D eigenvalue weighted by Crippen LogP contribution is -2.25. The molecule has 1 aliphatic rings. The third-order valence-corrected chi connectivity index (χ3v) is 6.76. The molecule has 1 fully saturated rings. The molecule has 4 rings (SSSR count). The molecule has 1 aliphatic heterocycles. The molecule has 0 unspecified atom stereocenters. The van der Waals surface area contributed by atoms with Gasteiger partial charge in [-0.2, -0.15) is 0 Å². The summed E-state index contributed by atoms with van der Waals surface area (Å²) in [5.41, 5.74) is 4.98. The molecular weight excluding hydrogens is 378 g/mol. The van der Waals surface area contributed by atoms with Crippen molar-refractivity contribution in [1.82, 2.24) is 9.88 Å². The van der Waals surface area contributed by atoms with Crippen molar-refractivity contribution in [2.24, 2.45) is 0 Å². The summed E-state index contributed by atoms with van der Waals surface area (Å²) in [4.78, 5) is 20.6. The van der Waals surface area contributed by atoms with Gasteiger partial charge in [-0.3, -0.25) is 4.79 Å². The maximum Gasteiger partial charge on any atom is 0.219 e. The summed E-state index contributed by atoms with van der Waals surface area (Å²) >= 11 is 1.87. The highest BCUT2D eigenvalue weighted by Crippen LogP contribution is 2.37. The largest absolute Gasteiger partial charge is 0.371 e. The smallest absolute Gasteiger partial charge is 0.219 e. The Hall–Kier alpha value is -2.40. The molecule has 1 N–H and O–H groups in total. The number of aromatic amines is 1. The minimum atomic E-state index is 0.131. The SMILES string of the molecule is CC(=O)N(C)CCCSc1ccc(N2CCCC2)c(-c2cc3ccccc3[nH]2)c1. The van der Waals surface area contributed by atoms with Gasteiger partial charge in [0.1, 0.15) is 0 Å². The number of benzene rings is 2. The number of aromatic nitrogens is 1. The Balaban J connectivity index is 1.57. The van der Waals surface area contributed by atoms with E-state index < -0.39 is 0 Å². The number of carbonyl (C=O) groups is 1. The fraction of sp³-hybridized carbons (Fsp3) is 0.375. The van der Waals surface area contributed by atoms with Gasteiger partial charge >= 0.3 is 0 Å². The first kappa shape index (κ1) is 19.9. The first-order valence-electron chi connectivity index (χ1n) is 10.4. The molecule has 0 bridgehead atoms. The molecule has 0 saturated carbocycles. The van der Waals surface area contributed by atoms with Crippen LogP contribution in [-0.4, -0.2) is 48.2 Å². The quantitative estimate of drug-likeness (QED) is 0.421. The average Bonchev–Trinajstić information content (AvgIpc) is 3.40. The Bertz CT molecular complexity index is 958. The minimum Gasteiger partial charge on any atom is -0.371 e. The Morgan fingerprint density at radius 3 is 2.69 bits per heavy atom. The second kappa shape index (κ2) is 8.95. The number of H-pyrrole nitrogens is 1. The third kappa shape index (κ3) is 4.61. The molecule has 1 saturated heterocycles. The van der Waals surface area contributed by atoms with Crippen LogP contribution in [0, 0.1) is 0 Å². The van der Waals surface area contributed by atoms with Crippen molar-refractivity contribution >= 4 is 34.3 Å². The zero-order valence-electron chi connectivity index (χ0n) is 17.3. The third-order valence-electron chi connectivity index (χ3n) is 5.68. The number of hydrogen-bond acceptors (Lipinski definition) is 3. The van der Waals surface area contributed by atoms with Crippen molar-refractivity contribution in [2.45, 2.75) is 31.1 Å². The van der Waals surface area contributed by atoms with Gasteiger partial charge in [-0.1, -0.05) is 18.2 Å². The van der Waals surface area contributed by atoms with Gasteiger partial charge in [-0.25, -0.2) is 0 Å². The Kier molecular flexibility index (Phi) is 6.14. The van der Waals surface area contributed by atoms with Crippen molar-refractivity contribution in [3.63, 3.8) is 0 Å². The first-order chi connectivity index (χ1) is 14.1. The van der Waals surface area contributed by atoms with E-state index in [1.54, 1.807) is 11.8 Å². The van der Waals surface area contributed by atoms with E-state index in [2.05, 4.69) is 58.4 Å². The van der Waals surface area contributed by atoms with Gasteiger partial charge in [0.05, 0.1) is 0 Å². The van der Waals surface area contributed by atoms with Crippen LogP contribution in [0.5, 0.6) is 0 Å². The second-order valence-corrected chi connectivity index (χ2v) is 8.95. The van der Waals surface area contributed by atoms with Gasteiger partial charge < -0.3 is 14.8 Å². The molecule has 152 valence electrons. The second-order valence-electron chi connectivity index (χ2n) is 7.79. The van der Waals surface area contributed by atoms with E-state index >= 15 is 0 Å². The number of thioether (sulfide) groups is 1. The number of amides is 1. The van der Waals surface area contributed by atoms with Gasteiger partial charge in [0.15, 0.2) is 0 Å². The van der Waals surface area contributed by atoms with Crippen LogP contribution >= 0.6 is 11.8 Å². The summed E-state index contributed by atoms with van der Waals surface area (Å²) < 4.78 is 0. The van der Waals surface area contributed by atoms with Crippen molar-refractivity contribution in [1.29, 1.82) is 0 Å². The summed E-state index contributed by atoms with van der Waals surface area (Å²) in [6.07, 6.45) is 3.54. The number of para-hydroxylation sites is 1. The molecule has 0 radical (unpaired) electrons. The molecule has 1 aromatic heterocycles. The normalized spacial score (nSPS) is 13.9. The van der Waals surface area contributed by atoms with Crippen LogP contribution in [0.3, 0.4) is 0 Å². The zero-order chi connectivity index (χ0) is 20.2. The molecule has 0 atom stereocenters. The maximum absolute atomic E-state index is 11.4. The lowest BCUT2D eigenvalue weighted by molar-refractivity contribution is -0.127. The van der Waals surface area contributed by atoms with Gasteiger partial charge in [0, 0.05) is 66.3 Å². The summed E-state index contributed by atoms with van der Waals surface area (Å²) in [6, 6.07) is 17.6. The highest BCUT2D eigenvalue weighted by Gasteiger charge is 2.18. The number of nitrogens with one attached hydrogen (secondary N) is 1. The lowest BCUT2D eigenvalue weighted by Gasteiger charge is -2.22. The minimum absolute atomic E-state index is 0.131. The zero-order valence-corrected chi connectivity index (χ0v) is 18.1. The fourth-order valence-corrected chi connectivity index (χ4v) is 4.80. The fourth-order valence-electron chi connectivity index (χ4n) is 3.92. The Morgan fingerprint density at radius 1 is 1.14 bits per heavy atom. The van der Waals surface area contributed by atoms with E-state index in [1.807, 2.05) is 18.8 Å². The van der Waals surface area contributed by atoms with E-state index in [9.17, 15) is 4.79 Å². The summed E-state index contributed by atoms with van der Waals surface area (Å²) in [7, 11) is 1.87. The van der Waals surface area contributed by atoms with Crippen LogP contribution in [0.1, 0.15) is 26.2 Å². The topological polar surface area (TPSA) is 39.3 Å². The molecule has 0 spiro atoms.